The third-order valence-corrected chi connectivity index (χ3v) is 1.30. The van der Waals surface area contributed by atoms with Crippen molar-refractivity contribution in [1.29, 1.82) is 0 Å². The van der Waals surface area contributed by atoms with Gasteiger partial charge in [-0.1, -0.05) is 6.08 Å². The van der Waals surface area contributed by atoms with Crippen LogP contribution in [-0.2, 0) is 0 Å². The van der Waals surface area contributed by atoms with Crippen LogP contribution in [-0.4, -0.2) is 18.0 Å². The first-order valence-corrected chi connectivity index (χ1v) is 4.33. The van der Waals surface area contributed by atoms with Crippen LogP contribution in [0.4, 0.5) is 0 Å². The molecule has 0 bridgehead atoms. The predicted molar refractivity (Wildman–Crippen MR) is 47.2 cm³/mol. The lowest BCUT2D eigenvalue weighted by molar-refractivity contribution is 1.02. The second-order valence-corrected chi connectivity index (χ2v) is 2.30. The first kappa shape index (κ1) is 8.89. The van der Waals surface area contributed by atoms with E-state index in [-0.39, 0.29) is 0 Å². The molecule has 50 valence electrons. The second-order valence-electron chi connectivity index (χ2n) is 1.37. The molecule has 0 rings (SSSR count). The Morgan fingerprint density at radius 1 is 1.78 bits per heavy atom. The van der Waals surface area contributed by atoms with Gasteiger partial charge in [0.1, 0.15) is 0 Å². The highest BCUT2D eigenvalue weighted by atomic mass is 32.2. The molecule has 0 aromatic heterocycles. The smallest absolute Gasteiger partial charge is 0.0585 e. The molecule has 0 aliphatic heterocycles. The maximum atomic E-state index is 4.38. The summed E-state index contributed by atoms with van der Waals surface area (Å²) in [7, 11) is 0. The summed E-state index contributed by atoms with van der Waals surface area (Å²) in [4.78, 5) is 3.75. The molecular formula is C6H9NS2. The summed E-state index contributed by atoms with van der Waals surface area (Å²) in [6, 6.07) is 0. The van der Waals surface area contributed by atoms with Gasteiger partial charge in [-0.3, -0.25) is 0 Å². The minimum atomic E-state index is 0.764. The monoisotopic (exact) mass is 159 g/mol. The molecule has 0 saturated heterocycles. The average molecular weight is 159 g/mol. The SMILES string of the molecule is CS/C=C\CCN=C=S. The lowest BCUT2D eigenvalue weighted by atomic mass is 10.4. The number of hydrogen-bond donors (Lipinski definition) is 0. The van der Waals surface area contributed by atoms with E-state index < -0.39 is 0 Å². The van der Waals surface area contributed by atoms with Gasteiger partial charge in [-0.25, -0.2) is 4.99 Å². The van der Waals surface area contributed by atoms with Crippen LogP contribution in [0.25, 0.3) is 0 Å². The zero-order valence-electron chi connectivity index (χ0n) is 5.33. The molecule has 0 atom stereocenters. The molecule has 0 radical (unpaired) electrons. The van der Waals surface area contributed by atoms with Crippen LogP contribution in [0.2, 0.25) is 0 Å². The van der Waals surface area contributed by atoms with Crippen molar-refractivity contribution in [2.24, 2.45) is 4.99 Å². The zero-order valence-corrected chi connectivity index (χ0v) is 6.97. The van der Waals surface area contributed by atoms with Crippen LogP contribution in [0.1, 0.15) is 6.42 Å². The van der Waals surface area contributed by atoms with Crippen LogP contribution in [0.3, 0.4) is 0 Å². The number of thioether (sulfide) groups is 1. The molecule has 0 aromatic rings. The van der Waals surface area contributed by atoms with E-state index in [0.29, 0.717) is 0 Å². The Balaban J connectivity index is 3.08. The van der Waals surface area contributed by atoms with Gasteiger partial charge in [0.25, 0.3) is 0 Å². The Morgan fingerprint density at radius 3 is 3.11 bits per heavy atom. The van der Waals surface area contributed by atoms with E-state index >= 15 is 0 Å². The Bertz CT molecular complexity index is 125. The highest BCUT2D eigenvalue weighted by Crippen LogP contribution is 1.94. The molecular weight excluding hydrogens is 150 g/mol. The molecule has 0 spiro atoms. The fourth-order valence-electron chi connectivity index (χ4n) is 0.349. The Kier molecular flexibility index (Phi) is 7.79. The van der Waals surface area contributed by atoms with Crippen molar-refractivity contribution in [1.82, 2.24) is 0 Å². The number of nitrogens with zero attached hydrogens (tertiary/aromatic N) is 1. The van der Waals surface area contributed by atoms with E-state index in [1.165, 1.54) is 0 Å². The van der Waals surface area contributed by atoms with Crippen molar-refractivity contribution < 1.29 is 0 Å². The molecule has 1 nitrogen and oxygen atoms in total. The lowest BCUT2D eigenvalue weighted by Gasteiger charge is -1.81. The first-order valence-electron chi connectivity index (χ1n) is 2.63. The van der Waals surface area contributed by atoms with E-state index in [2.05, 4.69) is 28.4 Å². The Labute approximate surface area is 65.3 Å². The van der Waals surface area contributed by atoms with Gasteiger partial charge in [-0.15, -0.1) is 11.8 Å². The quantitative estimate of drug-likeness (QED) is 0.355. The Hall–Kier alpha value is -0.110. The average Bonchev–Trinajstić information content (AvgIpc) is 1.89. The van der Waals surface area contributed by atoms with Crippen molar-refractivity contribution in [3.8, 4) is 0 Å². The van der Waals surface area contributed by atoms with Gasteiger partial charge in [0.2, 0.25) is 0 Å². The van der Waals surface area contributed by atoms with Crippen LogP contribution >= 0.6 is 24.0 Å². The number of rotatable bonds is 4. The molecule has 0 aliphatic rings. The first-order chi connectivity index (χ1) is 4.41. The van der Waals surface area contributed by atoms with Crippen LogP contribution < -0.4 is 0 Å². The minimum absolute atomic E-state index is 0.764. The van der Waals surface area contributed by atoms with Crippen LogP contribution in [0.5, 0.6) is 0 Å². The van der Waals surface area contributed by atoms with Crippen molar-refractivity contribution in [2.45, 2.75) is 6.42 Å². The van der Waals surface area contributed by atoms with Crippen molar-refractivity contribution in [3.63, 3.8) is 0 Å². The van der Waals surface area contributed by atoms with Crippen molar-refractivity contribution in [2.75, 3.05) is 12.8 Å². The van der Waals surface area contributed by atoms with E-state index in [1.54, 1.807) is 11.8 Å². The van der Waals surface area contributed by atoms with E-state index in [4.69, 9.17) is 0 Å². The molecule has 0 amide bonds. The summed E-state index contributed by atoms with van der Waals surface area (Å²) < 4.78 is 0. The molecule has 0 N–H and O–H groups in total. The minimum Gasteiger partial charge on any atom is -0.232 e. The predicted octanol–water partition coefficient (Wildman–Crippen LogP) is 2.36. The molecule has 0 aromatic carbocycles. The Morgan fingerprint density at radius 2 is 2.56 bits per heavy atom. The molecule has 0 aliphatic carbocycles. The van der Waals surface area contributed by atoms with Crippen LogP contribution in [0.15, 0.2) is 16.5 Å². The third kappa shape index (κ3) is 7.89. The lowest BCUT2D eigenvalue weighted by Crippen LogP contribution is -1.72. The number of hydrogen-bond acceptors (Lipinski definition) is 3. The molecule has 0 heterocycles. The number of aliphatic imine (C=N–C) groups is 1. The fourth-order valence-corrected chi connectivity index (χ4v) is 0.769. The van der Waals surface area contributed by atoms with Crippen LogP contribution in [0, 0.1) is 0 Å². The van der Waals surface area contributed by atoms with Gasteiger partial charge in [0.05, 0.1) is 11.7 Å². The summed E-state index contributed by atoms with van der Waals surface area (Å²) in [6.45, 7) is 0.764. The summed E-state index contributed by atoms with van der Waals surface area (Å²) in [6.07, 6.45) is 5.06. The third-order valence-electron chi connectivity index (χ3n) is 0.704. The largest absolute Gasteiger partial charge is 0.232 e. The molecule has 0 fully saturated rings. The highest BCUT2D eigenvalue weighted by molar-refractivity contribution is 8.01. The summed E-state index contributed by atoms with van der Waals surface area (Å²) in [5.41, 5.74) is 0. The molecule has 3 heteroatoms. The molecule has 9 heavy (non-hydrogen) atoms. The van der Waals surface area contributed by atoms with E-state index in [1.807, 2.05) is 11.7 Å². The van der Waals surface area contributed by atoms with Gasteiger partial charge in [-0.2, -0.15) is 0 Å². The topological polar surface area (TPSA) is 12.4 Å². The van der Waals surface area contributed by atoms with Gasteiger partial charge in [0.15, 0.2) is 0 Å². The maximum absolute atomic E-state index is 4.38. The molecule has 0 unspecified atom stereocenters. The van der Waals surface area contributed by atoms with E-state index in [9.17, 15) is 0 Å². The normalized spacial score (nSPS) is 9.44. The van der Waals surface area contributed by atoms with Gasteiger partial charge in [-0.05, 0) is 30.3 Å². The molecule has 0 saturated carbocycles. The summed E-state index contributed by atoms with van der Waals surface area (Å²) in [5.74, 6) is 0. The van der Waals surface area contributed by atoms with Gasteiger partial charge >= 0.3 is 0 Å². The van der Waals surface area contributed by atoms with E-state index in [0.717, 1.165) is 13.0 Å². The van der Waals surface area contributed by atoms with Gasteiger partial charge in [0, 0.05) is 0 Å². The number of thiocarbonyl (C=S) groups is 1. The standard InChI is InChI=1S/C6H9NS2/c1-9-5-3-2-4-7-6-8/h3,5H,2,4H2,1H3/b5-3-. The van der Waals surface area contributed by atoms with Crippen molar-refractivity contribution in [3.05, 3.63) is 11.5 Å². The van der Waals surface area contributed by atoms with Gasteiger partial charge < -0.3 is 0 Å². The summed E-state index contributed by atoms with van der Waals surface area (Å²) >= 11 is 6.08. The maximum Gasteiger partial charge on any atom is 0.0585 e. The fraction of sp³-hybridized carbons (Fsp3) is 0.500. The second kappa shape index (κ2) is 7.89. The summed E-state index contributed by atoms with van der Waals surface area (Å²) in [5, 5.41) is 4.35. The zero-order chi connectivity index (χ0) is 6.95. The highest BCUT2D eigenvalue weighted by Gasteiger charge is 1.73. The number of isothiocyanates is 1. The van der Waals surface area contributed by atoms with Crippen molar-refractivity contribution >= 4 is 29.1 Å².